The lowest BCUT2D eigenvalue weighted by molar-refractivity contribution is -0.139. The molecule has 27 heavy (non-hydrogen) atoms. The number of aromatic nitrogens is 3. The van der Waals surface area contributed by atoms with E-state index in [9.17, 15) is 14.7 Å². The van der Waals surface area contributed by atoms with Crippen molar-refractivity contribution in [3.63, 3.8) is 0 Å². The number of aromatic carboxylic acids is 1. The molecule has 1 N–H and O–H groups in total. The standard InChI is InChI=1S/C19H24N4O4/c1-13-20-14(2)23(21-13)12-16-11-22(9-10-27-16)18(24)8-7-15-5-3-4-6-17(15)19(25)26/h3-6,16H,7-12H2,1-2H3,(H,25,26). The van der Waals surface area contributed by atoms with Crippen LogP contribution in [-0.4, -0.2) is 62.4 Å². The number of rotatable bonds is 6. The van der Waals surface area contributed by atoms with Gasteiger partial charge < -0.3 is 14.7 Å². The number of benzene rings is 1. The predicted molar refractivity (Wildman–Crippen MR) is 97.5 cm³/mol. The number of morpholine rings is 1. The van der Waals surface area contributed by atoms with Gasteiger partial charge >= 0.3 is 5.97 Å². The molecule has 1 aromatic heterocycles. The Hall–Kier alpha value is -2.74. The second kappa shape index (κ2) is 8.30. The molecule has 144 valence electrons. The highest BCUT2D eigenvalue weighted by molar-refractivity contribution is 5.89. The molecular weight excluding hydrogens is 348 g/mol. The molecule has 2 aromatic rings. The fourth-order valence-corrected chi connectivity index (χ4v) is 3.33. The van der Waals surface area contributed by atoms with Crippen molar-refractivity contribution in [1.82, 2.24) is 19.7 Å². The summed E-state index contributed by atoms with van der Waals surface area (Å²) < 4.78 is 7.58. The highest BCUT2D eigenvalue weighted by atomic mass is 16.5. The van der Waals surface area contributed by atoms with Gasteiger partial charge in [-0.2, -0.15) is 5.10 Å². The number of ether oxygens (including phenoxy) is 1. The van der Waals surface area contributed by atoms with Crippen molar-refractivity contribution in [2.24, 2.45) is 0 Å². The molecule has 1 amide bonds. The second-order valence-corrected chi connectivity index (χ2v) is 6.68. The lowest BCUT2D eigenvalue weighted by Gasteiger charge is -2.33. The van der Waals surface area contributed by atoms with E-state index in [1.54, 1.807) is 33.8 Å². The summed E-state index contributed by atoms with van der Waals surface area (Å²) in [5.74, 6) is 0.580. The third kappa shape index (κ3) is 4.71. The quantitative estimate of drug-likeness (QED) is 0.824. The number of amides is 1. The van der Waals surface area contributed by atoms with Crippen LogP contribution >= 0.6 is 0 Å². The molecule has 3 rings (SSSR count). The van der Waals surface area contributed by atoms with Crippen LogP contribution in [0.1, 0.15) is 34.0 Å². The Kier molecular flexibility index (Phi) is 5.85. The Morgan fingerprint density at radius 1 is 1.30 bits per heavy atom. The van der Waals surface area contributed by atoms with Crippen LogP contribution < -0.4 is 0 Å². The number of carbonyl (C=O) groups is 2. The van der Waals surface area contributed by atoms with E-state index >= 15 is 0 Å². The molecule has 1 atom stereocenters. The summed E-state index contributed by atoms with van der Waals surface area (Å²) in [6.07, 6.45) is 0.553. The average molecular weight is 372 g/mol. The first-order chi connectivity index (χ1) is 12.9. The number of hydrogen-bond donors (Lipinski definition) is 1. The van der Waals surface area contributed by atoms with E-state index in [1.165, 1.54) is 0 Å². The van der Waals surface area contributed by atoms with Crippen molar-refractivity contribution < 1.29 is 19.4 Å². The zero-order valence-electron chi connectivity index (χ0n) is 15.6. The van der Waals surface area contributed by atoms with Crippen molar-refractivity contribution in [3.05, 3.63) is 47.0 Å². The molecule has 0 bridgehead atoms. The Balaban J connectivity index is 1.57. The van der Waals surface area contributed by atoms with Gasteiger partial charge in [0.25, 0.3) is 0 Å². The average Bonchev–Trinajstić information content (AvgIpc) is 2.97. The van der Waals surface area contributed by atoms with Gasteiger partial charge in [-0.25, -0.2) is 14.5 Å². The van der Waals surface area contributed by atoms with Gasteiger partial charge in [0, 0.05) is 19.5 Å². The maximum Gasteiger partial charge on any atom is 0.335 e. The van der Waals surface area contributed by atoms with E-state index in [0.717, 1.165) is 5.82 Å². The largest absolute Gasteiger partial charge is 0.478 e. The van der Waals surface area contributed by atoms with Crippen molar-refractivity contribution >= 4 is 11.9 Å². The number of carboxylic acid groups (broad SMARTS) is 1. The van der Waals surface area contributed by atoms with Crippen LogP contribution in [0.25, 0.3) is 0 Å². The summed E-state index contributed by atoms with van der Waals surface area (Å²) >= 11 is 0. The minimum absolute atomic E-state index is 0.00925. The second-order valence-electron chi connectivity index (χ2n) is 6.68. The van der Waals surface area contributed by atoms with Crippen LogP contribution in [0.3, 0.4) is 0 Å². The number of carbonyl (C=O) groups excluding carboxylic acids is 1. The maximum atomic E-state index is 12.6. The highest BCUT2D eigenvalue weighted by Crippen LogP contribution is 2.14. The van der Waals surface area contributed by atoms with Gasteiger partial charge in [0.15, 0.2) is 0 Å². The smallest absolute Gasteiger partial charge is 0.335 e. The van der Waals surface area contributed by atoms with Gasteiger partial charge in [-0.05, 0) is 31.9 Å². The van der Waals surface area contributed by atoms with Crippen molar-refractivity contribution in [2.75, 3.05) is 19.7 Å². The summed E-state index contributed by atoms with van der Waals surface area (Å²) in [7, 11) is 0. The minimum Gasteiger partial charge on any atom is -0.478 e. The maximum absolute atomic E-state index is 12.6. The Morgan fingerprint density at radius 2 is 2.07 bits per heavy atom. The van der Waals surface area contributed by atoms with E-state index in [1.807, 2.05) is 13.8 Å². The molecule has 0 spiro atoms. The summed E-state index contributed by atoms with van der Waals surface area (Å²) in [6, 6.07) is 6.80. The van der Waals surface area contributed by atoms with Gasteiger partial charge in [-0.3, -0.25) is 4.79 Å². The van der Waals surface area contributed by atoms with Gasteiger partial charge in [0.1, 0.15) is 11.6 Å². The molecule has 1 aliphatic heterocycles. The molecule has 0 saturated carbocycles. The SMILES string of the molecule is Cc1nc(C)n(CC2CN(C(=O)CCc3ccccc3C(=O)O)CCO2)n1. The molecule has 1 unspecified atom stereocenters. The Bertz CT molecular complexity index is 833. The van der Waals surface area contributed by atoms with Crippen molar-refractivity contribution in [3.8, 4) is 0 Å². The first-order valence-electron chi connectivity index (χ1n) is 9.02. The predicted octanol–water partition coefficient (Wildman–Crippen LogP) is 1.45. The van der Waals surface area contributed by atoms with Crippen LogP contribution in [0.15, 0.2) is 24.3 Å². The lowest BCUT2D eigenvalue weighted by Crippen LogP contribution is -2.47. The number of nitrogens with zero attached hydrogens (tertiary/aromatic N) is 4. The third-order valence-corrected chi connectivity index (χ3v) is 4.69. The molecular formula is C19H24N4O4. The van der Waals surface area contributed by atoms with Gasteiger partial charge in [0.2, 0.25) is 5.91 Å². The number of hydrogen-bond acceptors (Lipinski definition) is 5. The van der Waals surface area contributed by atoms with Crippen LogP contribution in [-0.2, 0) is 22.5 Å². The lowest BCUT2D eigenvalue weighted by atomic mass is 10.0. The van der Waals surface area contributed by atoms with Gasteiger partial charge in [-0.15, -0.1) is 0 Å². The minimum atomic E-state index is -0.969. The van der Waals surface area contributed by atoms with E-state index in [4.69, 9.17) is 4.74 Å². The summed E-state index contributed by atoms with van der Waals surface area (Å²) in [5.41, 5.74) is 0.930. The molecule has 1 aliphatic rings. The number of aryl methyl sites for hydroxylation is 3. The van der Waals surface area contributed by atoms with E-state index < -0.39 is 5.97 Å². The van der Waals surface area contributed by atoms with Crippen LogP contribution in [0.2, 0.25) is 0 Å². The molecule has 8 nitrogen and oxygen atoms in total. The third-order valence-electron chi connectivity index (χ3n) is 4.69. The highest BCUT2D eigenvalue weighted by Gasteiger charge is 2.25. The van der Waals surface area contributed by atoms with Crippen molar-refractivity contribution in [1.29, 1.82) is 0 Å². The first-order valence-corrected chi connectivity index (χ1v) is 9.02. The van der Waals surface area contributed by atoms with Crippen LogP contribution in [0.5, 0.6) is 0 Å². The molecule has 1 saturated heterocycles. The van der Waals surface area contributed by atoms with Crippen LogP contribution in [0.4, 0.5) is 0 Å². The fraction of sp³-hybridized carbons (Fsp3) is 0.474. The molecule has 0 aliphatic carbocycles. The summed E-state index contributed by atoms with van der Waals surface area (Å²) in [5, 5.41) is 13.6. The van der Waals surface area contributed by atoms with E-state index in [0.29, 0.717) is 44.0 Å². The molecule has 1 aromatic carbocycles. The molecule has 8 heteroatoms. The molecule has 1 fully saturated rings. The topological polar surface area (TPSA) is 97.6 Å². The molecule has 2 heterocycles. The monoisotopic (exact) mass is 372 g/mol. The van der Waals surface area contributed by atoms with Crippen LogP contribution in [0, 0.1) is 13.8 Å². The summed E-state index contributed by atoms with van der Waals surface area (Å²) in [4.78, 5) is 30.0. The van der Waals surface area contributed by atoms with Crippen molar-refractivity contribution in [2.45, 2.75) is 39.3 Å². The van der Waals surface area contributed by atoms with Gasteiger partial charge in [0.05, 0.1) is 24.8 Å². The summed E-state index contributed by atoms with van der Waals surface area (Å²) in [6.45, 7) is 5.82. The zero-order chi connectivity index (χ0) is 19.4. The van der Waals surface area contributed by atoms with Gasteiger partial charge in [-0.1, -0.05) is 18.2 Å². The Labute approximate surface area is 157 Å². The van der Waals surface area contributed by atoms with E-state index in [2.05, 4.69) is 10.1 Å². The van der Waals surface area contributed by atoms with E-state index in [-0.39, 0.29) is 24.0 Å². The fourth-order valence-electron chi connectivity index (χ4n) is 3.33. The Morgan fingerprint density at radius 3 is 2.78 bits per heavy atom. The normalized spacial score (nSPS) is 17.1. The number of carboxylic acids is 1. The first kappa shape index (κ1) is 19.0. The zero-order valence-corrected chi connectivity index (χ0v) is 15.6. The molecule has 0 radical (unpaired) electrons.